The molecule has 1 aliphatic rings. The van der Waals surface area contributed by atoms with Crippen LogP contribution >= 0.6 is 0 Å². The Morgan fingerprint density at radius 2 is 1.90 bits per heavy atom. The van der Waals surface area contributed by atoms with Crippen LogP contribution in [0.15, 0.2) is 24.3 Å². The molecule has 1 atom stereocenters. The second kappa shape index (κ2) is 6.80. The zero-order chi connectivity index (χ0) is 15.5. The van der Waals surface area contributed by atoms with Gasteiger partial charge in [-0.25, -0.2) is 0 Å². The van der Waals surface area contributed by atoms with Crippen LogP contribution in [0.25, 0.3) is 0 Å². The first-order valence-corrected chi connectivity index (χ1v) is 8.08. The quantitative estimate of drug-likeness (QED) is 0.899. The van der Waals surface area contributed by atoms with Gasteiger partial charge in [-0.05, 0) is 58.7 Å². The largest absolute Gasteiger partial charge is 0.493 e. The van der Waals surface area contributed by atoms with Crippen LogP contribution in [0.1, 0.15) is 51.2 Å². The van der Waals surface area contributed by atoms with E-state index in [1.54, 1.807) is 0 Å². The standard InChI is InChI=1S/C18H29NO2/c1-5-21-16-9-7-6-8-15(16)17(20)18(19(3)4)12-10-14(2)11-13-18/h6-9,14,17,20H,5,10-13H2,1-4H3. The molecular formula is C18H29NO2. The summed E-state index contributed by atoms with van der Waals surface area (Å²) in [5.74, 6) is 1.57. The third-order valence-electron chi connectivity index (χ3n) is 5.05. The van der Waals surface area contributed by atoms with Crippen molar-refractivity contribution in [2.45, 2.75) is 51.2 Å². The van der Waals surface area contributed by atoms with Crippen molar-refractivity contribution < 1.29 is 9.84 Å². The highest BCUT2D eigenvalue weighted by atomic mass is 16.5. The Morgan fingerprint density at radius 3 is 2.48 bits per heavy atom. The molecule has 118 valence electrons. The van der Waals surface area contributed by atoms with Crippen LogP contribution in [0.3, 0.4) is 0 Å². The molecule has 0 heterocycles. The molecule has 3 heteroatoms. The molecule has 0 saturated heterocycles. The number of ether oxygens (including phenoxy) is 1. The zero-order valence-electron chi connectivity index (χ0n) is 13.8. The summed E-state index contributed by atoms with van der Waals surface area (Å²) >= 11 is 0. The highest BCUT2D eigenvalue weighted by molar-refractivity contribution is 5.37. The van der Waals surface area contributed by atoms with Crippen LogP contribution < -0.4 is 4.74 Å². The Hall–Kier alpha value is -1.06. The van der Waals surface area contributed by atoms with Crippen molar-refractivity contribution in [1.82, 2.24) is 4.90 Å². The fraction of sp³-hybridized carbons (Fsp3) is 0.667. The highest BCUT2D eigenvalue weighted by Gasteiger charge is 2.43. The monoisotopic (exact) mass is 291 g/mol. The Bertz CT molecular complexity index is 450. The lowest BCUT2D eigenvalue weighted by molar-refractivity contribution is -0.0418. The topological polar surface area (TPSA) is 32.7 Å². The van der Waals surface area contributed by atoms with Crippen LogP contribution in [-0.4, -0.2) is 36.2 Å². The number of benzene rings is 1. The number of aliphatic hydroxyl groups is 1. The molecule has 1 saturated carbocycles. The van der Waals surface area contributed by atoms with E-state index in [1.165, 1.54) is 12.8 Å². The molecule has 1 fully saturated rings. The van der Waals surface area contributed by atoms with Gasteiger partial charge in [-0.1, -0.05) is 25.1 Å². The summed E-state index contributed by atoms with van der Waals surface area (Å²) in [6.45, 7) is 4.91. The van der Waals surface area contributed by atoms with Gasteiger partial charge in [0.2, 0.25) is 0 Å². The molecule has 3 nitrogen and oxygen atoms in total. The van der Waals surface area contributed by atoms with Gasteiger partial charge in [0.1, 0.15) is 11.9 Å². The van der Waals surface area contributed by atoms with Crippen molar-refractivity contribution in [2.75, 3.05) is 20.7 Å². The normalized spacial score (nSPS) is 27.6. The first kappa shape index (κ1) is 16.3. The van der Waals surface area contributed by atoms with E-state index >= 15 is 0 Å². The number of aliphatic hydroxyl groups excluding tert-OH is 1. The van der Waals surface area contributed by atoms with Crippen LogP contribution in [0.5, 0.6) is 5.75 Å². The van der Waals surface area contributed by atoms with Gasteiger partial charge in [0.25, 0.3) is 0 Å². The second-order valence-electron chi connectivity index (χ2n) is 6.55. The number of hydrogen-bond donors (Lipinski definition) is 1. The summed E-state index contributed by atoms with van der Waals surface area (Å²) in [7, 11) is 4.17. The molecule has 1 N–H and O–H groups in total. The fourth-order valence-corrected chi connectivity index (χ4v) is 3.51. The van der Waals surface area contributed by atoms with Crippen molar-refractivity contribution in [2.24, 2.45) is 5.92 Å². The first-order chi connectivity index (χ1) is 10.0. The summed E-state index contributed by atoms with van der Waals surface area (Å²) < 4.78 is 5.72. The first-order valence-electron chi connectivity index (χ1n) is 8.08. The van der Waals surface area contributed by atoms with Crippen molar-refractivity contribution in [1.29, 1.82) is 0 Å². The van der Waals surface area contributed by atoms with Crippen molar-refractivity contribution in [3.05, 3.63) is 29.8 Å². The van der Waals surface area contributed by atoms with Gasteiger partial charge in [-0.2, -0.15) is 0 Å². The van der Waals surface area contributed by atoms with Gasteiger partial charge in [0.15, 0.2) is 0 Å². The maximum atomic E-state index is 11.1. The molecule has 0 spiro atoms. The summed E-state index contributed by atoms with van der Waals surface area (Å²) in [6.07, 6.45) is 3.90. The van der Waals surface area contributed by atoms with Crippen LogP contribution in [0.2, 0.25) is 0 Å². The van der Waals surface area contributed by atoms with Gasteiger partial charge >= 0.3 is 0 Å². The maximum absolute atomic E-state index is 11.1. The molecule has 1 aromatic carbocycles. The number of likely N-dealkylation sites (N-methyl/N-ethyl adjacent to an activating group) is 1. The summed E-state index contributed by atoms with van der Waals surface area (Å²) in [5.41, 5.74) is 0.738. The minimum atomic E-state index is -0.511. The maximum Gasteiger partial charge on any atom is 0.125 e. The van der Waals surface area contributed by atoms with E-state index in [0.717, 1.165) is 30.1 Å². The molecule has 2 rings (SSSR count). The Kier molecular flexibility index (Phi) is 5.28. The molecule has 1 unspecified atom stereocenters. The predicted molar refractivity (Wildman–Crippen MR) is 86.6 cm³/mol. The van der Waals surface area contributed by atoms with Crippen LogP contribution in [0, 0.1) is 5.92 Å². The van der Waals surface area contributed by atoms with Gasteiger partial charge in [0, 0.05) is 5.56 Å². The van der Waals surface area contributed by atoms with E-state index in [9.17, 15) is 5.11 Å². The molecule has 0 aliphatic heterocycles. The SMILES string of the molecule is CCOc1ccccc1C(O)C1(N(C)C)CCC(C)CC1. The van der Waals surface area contributed by atoms with Gasteiger partial charge in [-0.3, -0.25) is 0 Å². The fourth-order valence-electron chi connectivity index (χ4n) is 3.51. The summed E-state index contributed by atoms with van der Waals surface area (Å²) in [5, 5.41) is 11.1. The molecule has 1 aromatic rings. The molecule has 21 heavy (non-hydrogen) atoms. The van der Waals surface area contributed by atoms with E-state index in [-0.39, 0.29) is 5.54 Å². The molecule has 0 radical (unpaired) electrons. The summed E-state index contributed by atoms with van der Waals surface area (Å²) in [6, 6.07) is 7.90. The van der Waals surface area contributed by atoms with Crippen molar-refractivity contribution in [3.8, 4) is 5.75 Å². The minimum absolute atomic E-state index is 0.181. The Balaban J connectivity index is 2.33. The van der Waals surface area contributed by atoms with Gasteiger partial charge in [0.05, 0.1) is 12.1 Å². The lowest BCUT2D eigenvalue weighted by Crippen LogP contribution is -2.51. The van der Waals surface area contributed by atoms with E-state index in [4.69, 9.17) is 4.74 Å². The molecule has 0 amide bonds. The van der Waals surface area contributed by atoms with Crippen LogP contribution in [0.4, 0.5) is 0 Å². The third-order valence-corrected chi connectivity index (χ3v) is 5.05. The van der Waals surface area contributed by atoms with Crippen molar-refractivity contribution >= 4 is 0 Å². The zero-order valence-corrected chi connectivity index (χ0v) is 13.8. The highest BCUT2D eigenvalue weighted by Crippen LogP contribution is 2.45. The number of nitrogens with zero attached hydrogens (tertiary/aromatic N) is 1. The summed E-state index contributed by atoms with van der Waals surface area (Å²) in [4.78, 5) is 2.21. The second-order valence-corrected chi connectivity index (χ2v) is 6.55. The lowest BCUT2D eigenvalue weighted by atomic mass is 9.71. The van der Waals surface area contributed by atoms with E-state index < -0.39 is 6.10 Å². The molecule has 0 bridgehead atoms. The lowest BCUT2D eigenvalue weighted by Gasteiger charge is -2.48. The van der Waals surface area contributed by atoms with E-state index in [1.807, 2.05) is 31.2 Å². The van der Waals surface area contributed by atoms with Gasteiger partial charge < -0.3 is 14.7 Å². The minimum Gasteiger partial charge on any atom is -0.493 e. The number of para-hydroxylation sites is 1. The Labute approximate surface area is 128 Å². The number of rotatable bonds is 5. The molecule has 0 aromatic heterocycles. The van der Waals surface area contributed by atoms with Gasteiger partial charge in [-0.15, -0.1) is 0 Å². The predicted octanol–water partition coefficient (Wildman–Crippen LogP) is 3.63. The average molecular weight is 291 g/mol. The Morgan fingerprint density at radius 1 is 1.29 bits per heavy atom. The third kappa shape index (κ3) is 3.24. The molecular weight excluding hydrogens is 262 g/mol. The smallest absolute Gasteiger partial charge is 0.125 e. The van der Waals surface area contributed by atoms with Crippen molar-refractivity contribution in [3.63, 3.8) is 0 Å². The number of hydrogen-bond acceptors (Lipinski definition) is 3. The van der Waals surface area contributed by atoms with E-state index in [0.29, 0.717) is 6.61 Å². The average Bonchev–Trinajstić information content (AvgIpc) is 2.48. The molecule has 1 aliphatic carbocycles. The van der Waals surface area contributed by atoms with E-state index in [2.05, 4.69) is 25.9 Å². The van der Waals surface area contributed by atoms with Crippen LogP contribution in [-0.2, 0) is 0 Å².